The summed E-state index contributed by atoms with van der Waals surface area (Å²) < 4.78 is 42.4. The van der Waals surface area contributed by atoms with E-state index in [1.54, 1.807) is 24.3 Å². The molecule has 2 aromatic rings. The Morgan fingerprint density at radius 2 is 1.75 bits per heavy atom. The van der Waals surface area contributed by atoms with Gasteiger partial charge >= 0.3 is 0 Å². The van der Waals surface area contributed by atoms with Gasteiger partial charge in [0, 0.05) is 18.0 Å². The van der Waals surface area contributed by atoms with Gasteiger partial charge in [0.1, 0.15) is 12.4 Å². The SMILES string of the molecule is NC(CCOCC(F)F)c1ccc(F)c2ccccc12. The Labute approximate surface area is 115 Å². The van der Waals surface area contributed by atoms with Crippen molar-refractivity contribution in [3.05, 3.63) is 47.8 Å². The fourth-order valence-corrected chi connectivity index (χ4v) is 2.15. The molecule has 0 aromatic heterocycles. The molecular weight excluding hydrogens is 267 g/mol. The Morgan fingerprint density at radius 1 is 1.05 bits per heavy atom. The van der Waals surface area contributed by atoms with Crippen LogP contribution < -0.4 is 5.73 Å². The Kier molecular flexibility index (Phi) is 4.98. The smallest absolute Gasteiger partial charge is 0.261 e. The minimum atomic E-state index is -2.47. The van der Waals surface area contributed by atoms with Gasteiger partial charge in [0.15, 0.2) is 0 Å². The summed E-state index contributed by atoms with van der Waals surface area (Å²) in [6.07, 6.45) is -2.07. The first-order valence-corrected chi connectivity index (χ1v) is 6.38. The molecule has 0 aliphatic heterocycles. The van der Waals surface area contributed by atoms with E-state index in [1.165, 1.54) is 6.07 Å². The van der Waals surface area contributed by atoms with Crippen LogP contribution in [0.4, 0.5) is 13.2 Å². The van der Waals surface area contributed by atoms with Gasteiger partial charge in [-0.15, -0.1) is 0 Å². The Balaban J connectivity index is 2.10. The predicted molar refractivity (Wildman–Crippen MR) is 72.3 cm³/mol. The molecule has 0 amide bonds. The number of halogens is 3. The Hall–Kier alpha value is -1.59. The molecule has 0 spiro atoms. The summed E-state index contributed by atoms with van der Waals surface area (Å²) in [5.41, 5.74) is 6.83. The van der Waals surface area contributed by atoms with E-state index in [0.29, 0.717) is 11.8 Å². The van der Waals surface area contributed by atoms with Crippen LogP contribution in [0.2, 0.25) is 0 Å². The molecule has 2 N–H and O–H groups in total. The summed E-state index contributed by atoms with van der Waals surface area (Å²) in [4.78, 5) is 0. The summed E-state index contributed by atoms with van der Waals surface area (Å²) in [5, 5.41) is 1.25. The highest BCUT2D eigenvalue weighted by atomic mass is 19.3. The van der Waals surface area contributed by atoms with Gasteiger partial charge in [0.05, 0.1) is 0 Å². The molecule has 2 rings (SSSR count). The van der Waals surface area contributed by atoms with Gasteiger partial charge in [0.2, 0.25) is 0 Å². The molecule has 1 atom stereocenters. The predicted octanol–water partition coefficient (Wildman–Crippen LogP) is 3.65. The van der Waals surface area contributed by atoms with Crippen LogP contribution in [-0.2, 0) is 4.74 Å². The molecule has 20 heavy (non-hydrogen) atoms. The number of hydrogen-bond acceptors (Lipinski definition) is 2. The van der Waals surface area contributed by atoms with Gasteiger partial charge < -0.3 is 10.5 Å². The molecule has 0 bridgehead atoms. The highest BCUT2D eigenvalue weighted by Crippen LogP contribution is 2.26. The lowest BCUT2D eigenvalue weighted by Gasteiger charge is -2.15. The fourth-order valence-electron chi connectivity index (χ4n) is 2.15. The average Bonchev–Trinajstić information content (AvgIpc) is 2.44. The molecule has 108 valence electrons. The lowest BCUT2D eigenvalue weighted by Crippen LogP contribution is -2.15. The third-order valence-corrected chi connectivity index (χ3v) is 3.12. The molecule has 2 nitrogen and oxygen atoms in total. The molecule has 0 heterocycles. The largest absolute Gasteiger partial charge is 0.375 e. The average molecular weight is 283 g/mol. The number of alkyl halides is 2. The van der Waals surface area contributed by atoms with Gasteiger partial charge in [-0.25, -0.2) is 13.2 Å². The first kappa shape index (κ1) is 14.8. The van der Waals surface area contributed by atoms with Crippen molar-refractivity contribution in [3.8, 4) is 0 Å². The molecule has 1 unspecified atom stereocenters. The Morgan fingerprint density at radius 3 is 2.45 bits per heavy atom. The van der Waals surface area contributed by atoms with Crippen LogP contribution in [0.25, 0.3) is 10.8 Å². The topological polar surface area (TPSA) is 35.2 Å². The Bertz CT molecular complexity index is 574. The molecule has 0 radical (unpaired) electrons. The third-order valence-electron chi connectivity index (χ3n) is 3.12. The van der Waals surface area contributed by atoms with E-state index in [0.717, 1.165) is 10.9 Å². The van der Waals surface area contributed by atoms with E-state index in [1.807, 2.05) is 6.07 Å². The normalized spacial score (nSPS) is 13.1. The van der Waals surface area contributed by atoms with E-state index >= 15 is 0 Å². The van der Waals surface area contributed by atoms with Gasteiger partial charge in [0.25, 0.3) is 6.43 Å². The summed E-state index contributed by atoms with van der Waals surface area (Å²) in [7, 11) is 0. The zero-order chi connectivity index (χ0) is 14.5. The summed E-state index contributed by atoms with van der Waals surface area (Å²) in [6, 6.07) is 9.69. The van der Waals surface area contributed by atoms with Crippen molar-refractivity contribution in [1.29, 1.82) is 0 Å². The van der Waals surface area contributed by atoms with Crippen molar-refractivity contribution >= 4 is 10.8 Å². The maximum absolute atomic E-state index is 13.7. The summed E-state index contributed by atoms with van der Waals surface area (Å²) in [5.74, 6) is -0.300. The number of rotatable bonds is 6. The number of benzene rings is 2. The molecule has 0 fully saturated rings. The number of ether oxygens (including phenoxy) is 1. The summed E-state index contributed by atoms with van der Waals surface area (Å²) in [6.45, 7) is -0.436. The number of nitrogens with two attached hydrogens (primary N) is 1. The van der Waals surface area contributed by atoms with E-state index in [4.69, 9.17) is 10.5 Å². The van der Waals surface area contributed by atoms with E-state index in [9.17, 15) is 13.2 Å². The van der Waals surface area contributed by atoms with E-state index in [-0.39, 0.29) is 18.5 Å². The molecule has 0 saturated carbocycles. The second-order valence-corrected chi connectivity index (χ2v) is 4.54. The minimum Gasteiger partial charge on any atom is -0.375 e. The lowest BCUT2D eigenvalue weighted by atomic mass is 9.97. The van der Waals surface area contributed by atoms with Crippen LogP contribution in [0.5, 0.6) is 0 Å². The van der Waals surface area contributed by atoms with Crippen LogP contribution >= 0.6 is 0 Å². The van der Waals surface area contributed by atoms with Crippen LogP contribution in [0, 0.1) is 5.82 Å². The maximum Gasteiger partial charge on any atom is 0.261 e. The van der Waals surface area contributed by atoms with Crippen LogP contribution in [0.15, 0.2) is 36.4 Å². The van der Waals surface area contributed by atoms with E-state index in [2.05, 4.69) is 0 Å². The molecule has 0 aliphatic carbocycles. The van der Waals surface area contributed by atoms with Gasteiger partial charge in [-0.3, -0.25) is 0 Å². The molecule has 2 aromatic carbocycles. The number of fused-ring (bicyclic) bond motifs is 1. The maximum atomic E-state index is 13.7. The quantitative estimate of drug-likeness (QED) is 0.821. The van der Waals surface area contributed by atoms with Crippen LogP contribution in [0.3, 0.4) is 0 Å². The lowest BCUT2D eigenvalue weighted by molar-refractivity contribution is 0.0152. The van der Waals surface area contributed by atoms with Crippen molar-refractivity contribution in [1.82, 2.24) is 0 Å². The minimum absolute atomic E-state index is 0.150. The highest BCUT2D eigenvalue weighted by Gasteiger charge is 2.12. The first-order chi connectivity index (χ1) is 9.59. The van der Waals surface area contributed by atoms with Crippen molar-refractivity contribution in [2.75, 3.05) is 13.2 Å². The second kappa shape index (κ2) is 6.72. The van der Waals surface area contributed by atoms with Crippen LogP contribution in [0.1, 0.15) is 18.0 Å². The van der Waals surface area contributed by atoms with Crippen LogP contribution in [-0.4, -0.2) is 19.6 Å². The number of hydrogen-bond donors (Lipinski definition) is 1. The van der Waals surface area contributed by atoms with Gasteiger partial charge in [-0.05, 0) is 23.4 Å². The van der Waals surface area contributed by atoms with Crippen molar-refractivity contribution in [2.24, 2.45) is 5.73 Å². The highest BCUT2D eigenvalue weighted by molar-refractivity contribution is 5.86. The first-order valence-electron chi connectivity index (χ1n) is 6.38. The van der Waals surface area contributed by atoms with Crippen molar-refractivity contribution < 1.29 is 17.9 Å². The molecule has 5 heteroatoms. The monoisotopic (exact) mass is 283 g/mol. The zero-order valence-corrected chi connectivity index (χ0v) is 10.9. The van der Waals surface area contributed by atoms with Crippen molar-refractivity contribution in [3.63, 3.8) is 0 Å². The fraction of sp³-hybridized carbons (Fsp3) is 0.333. The zero-order valence-electron chi connectivity index (χ0n) is 10.9. The third kappa shape index (κ3) is 3.49. The van der Waals surface area contributed by atoms with Crippen molar-refractivity contribution in [2.45, 2.75) is 18.9 Å². The molecular formula is C15H16F3NO. The second-order valence-electron chi connectivity index (χ2n) is 4.54. The van der Waals surface area contributed by atoms with Gasteiger partial charge in [-0.1, -0.05) is 30.3 Å². The molecule has 0 aliphatic rings. The summed E-state index contributed by atoms with van der Waals surface area (Å²) >= 11 is 0. The van der Waals surface area contributed by atoms with E-state index < -0.39 is 13.0 Å². The van der Waals surface area contributed by atoms with Gasteiger partial charge in [-0.2, -0.15) is 0 Å². The molecule has 0 saturated heterocycles. The standard InChI is InChI=1S/C15H16F3NO/c16-13-6-5-12(10-3-1-2-4-11(10)13)14(19)7-8-20-9-15(17)18/h1-6,14-15H,7-9,19H2.